The SMILES string of the molecule is CN1C(=O)[C@@H](NCc2nc3n(n2)CCN(C)C3c2ccccc2)COc2ccccc21. The van der Waals surface area contributed by atoms with Crippen molar-refractivity contribution in [3.8, 4) is 5.75 Å². The molecular formula is C23H26N6O2. The van der Waals surface area contributed by atoms with Gasteiger partial charge in [-0.05, 0) is 24.7 Å². The second-order valence-electron chi connectivity index (χ2n) is 8.01. The fourth-order valence-corrected chi connectivity index (χ4v) is 4.28. The molecule has 5 rings (SSSR count). The molecule has 1 amide bonds. The van der Waals surface area contributed by atoms with E-state index in [-0.39, 0.29) is 18.6 Å². The van der Waals surface area contributed by atoms with Gasteiger partial charge in [0, 0.05) is 13.6 Å². The number of ether oxygens (including phenoxy) is 1. The second-order valence-corrected chi connectivity index (χ2v) is 8.01. The highest BCUT2D eigenvalue weighted by atomic mass is 16.5. The first-order chi connectivity index (χ1) is 15.1. The zero-order valence-corrected chi connectivity index (χ0v) is 17.7. The largest absolute Gasteiger partial charge is 0.489 e. The Morgan fingerprint density at radius 3 is 2.68 bits per heavy atom. The molecule has 0 bridgehead atoms. The number of likely N-dealkylation sites (N-methyl/N-ethyl adjacent to an activating group) is 2. The minimum absolute atomic E-state index is 0.0317. The van der Waals surface area contributed by atoms with Gasteiger partial charge in [0.15, 0.2) is 5.82 Å². The number of rotatable bonds is 4. The van der Waals surface area contributed by atoms with Crippen LogP contribution in [0.2, 0.25) is 0 Å². The Bertz CT molecular complexity index is 1080. The Morgan fingerprint density at radius 2 is 1.84 bits per heavy atom. The third-order valence-electron chi connectivity index (χ3n) is 5.98. The zero-order valence-electron chi connectivity index (χ0n) is 17.7. The van der Waals surface area contributed by atoms with Crippen LogP contribution in [-0.2, 0) is 17.9 Å². The number of nitrogens with zero attached hydrogens (tertiary/aromatic N) is 5. The number of carbonyl (C=O) groups excluding carboxylic acids is 1. The molecular weight excluding hydrogens is 392 g/mol. The molecule has 1 N–H and O–H groups in total. The molecule has 0 aliphatic carbocycles. The first kappa shape index (κ1) is 19.7. The smallest absolute Gasteiger partial charge is 0.247 e. The Balaban J connectivity index is 1.33. The van der Waals surface area contributed by atoms with E-state index in [4.69, 9.17) is 14.8 Å². The van der Waals surface area contributed by atoms with Gasteiger partial charge in [0.05, 0.1) is 24.8 Å². The quantitative estimate of drug-likeness (QED) is 0.697. The van der Waals surface area contributed by atoms with Gasteiger partial charge >= 0.3 is 0 Å². The monoisotopic (exact) mass is 418 g/mol. The molecule has 1 unspecified atom stereocenters. The molecule has 160 valence electrons. The molecule has 0 fully saturated rings. The molecule has 0 radical (unpaired) electrons. The first-order valence-corrected chi connectivity index (χ1v) is 10.5. The highest BCUT2D eigenvalue weighted by Crippen LogP contribution is 2.31. The van der Waals surface area contributed by atoms with E-state index in [1.54, 1.807) is 11.9 Å². The topological polar surface area (TPSA) is 75.5 Å². The maximum Gasteiger partial charge on any atom is 0.247 e. The van der Waals surface area contributed by atoms with Crippen molar-refractivity contribution in [2.75, 3.05) is 32.1 Å². The number of fused-ring (bicyclic) bond motifs is 2. The lowest BCUT2D eigenvalue weighted by Crippen LogP contribution is -2.46. The normalized spacial score (nSPS) is 21.2. The molecule has 8 heteroatoms. The third-order valence-corrected chi connectivity index (χ3v) is 5.98. The van der Waals surface area contributed by atoms with Gasteiger partial charge in [0.1, 0.15) is 24.2 Å². The van der Waals surface area contributed by atoms with Gasteiger partial charge < -0.3 is 9.64 Å². The van der Waals surface area contributed by atoms with Crippen LogP contribution in [0.1, 0.15) is 23.3 Å². The fourth-order valence-electron chi connectivity index (χ4n) is 4.28. The summed E-state index contributed by atoms with van der Waals surface area (Å²) in [6.07, 6.45) is 0. The maximum atomic E-state index is 12.9. The van der Waals surface area contributed by atoms with Crippen LogP contribution in [-0.4, -0.2) is 58.9 Å². The van der Waals surface area contributed by atoms with Crippen molar-refractivity contribution in [1.82, 2.24) is 25.0 Å². The molecule has 3 aromatic rings. The molecule has 0 saturated carbocycles. The maximum absolute atomic E-state index is 12.9. The molecule has 0 saturated heterocycles. The van der Waals surface area contributed by atoms with E-state index in [0.29, 0.717) is 18.1 Å². The lowest BCUT2D eigenvalue weighted by atomic mass is 10.0. The van der Waals surface area contributed by atoms with Crippen LogP contribution >= 0.6 is 0 Å². The molecule has 31 heavy (non-hydrogen) atoms. The van der Waals surface area contributed by atoms with Gasteiger partial charge in [-0.25, -0.2) is 9.67 Å². The van der Waals surface area contributed by atoms with Crippen LogP contribution in [0.25, 0.3) is 0 Å². The van der Waals surface area contributed by atoms with E-state index in [9.17, 15) is 4.79 Å². The van der Waals surface area contributed by atoms with Crippen molar-refractivity contribution >= 4 is 11.6 Å². The van der Waals surface area contributed by atoms with Gasteiger partial charge in [-0.2, -0.15) is 5.10 Å². The molecule has 8 nitrogen and oxygen atoms in total. The van der Waals surface area contributed by atoms with Gasteiger partial charge in [0.25, 0.3) is 0 Å². The van der Waals surface area contributed by atoms with Crippen molar-refractivity contribution in [2.24, 2.45) is 0 Å². The van der Waals surface area contributed by atoms with Crippen LogP contribution in [0.15, 0.2) is 54.6 Å². The van der Waals surface area contributed by atoms with Crippen LogP contribution in [0, 0.1) is 0 Å². The summed E-state index contributed by atoms with van der Waals surface area (Å²) in [5.41, 5.74) is 1.98. The number of amides is 1. The lowest BCUT2D eigenvalue weighted by molar-refractivity contribution is -0.120. The van der Waals surface area contributed by atoms with Crippen molar-refractivity contribution in [1.29, 1.82) is 0 Å². The predicted molar refractivity (Wildman–Crippen MR) is 117 cm³/mol. The number of hydrogen-bond donors (Lipinski definition) is 1. The molecule has 2 aromatic carbocycles. The minimum atomic E-state index is -0.467. The molecule has 2 atom stereocenters. The van der Waals surface area contributed by atoms with E-state index < -0.39 is 6.04 Å². The fraction of sp³-hybridized carbons (Fsp3) is 0.348. The van der Waals surface area contributed by atoms with E-state index in [0.717, 1.165) is 24.6 Å². The summed E-state index contributed by atoms with van der Waals surface area (Å²) in [6, 6.07) is 17.5. The molecule has 0 spiro atoms. The highest BCUT2D eigenvalue weighted by Gasteiger charge is 2.31. The van der Waals surface area contributed by atoms with Gasteiger partial charge in [-0.15, -0.1) is 0 Å². The summed E-state index contributed by atoms with van der Waals surface area (Å²) in [4.78, 5) is 21.7. The van der Waals surface area contributed by atoms with E-state index in [1.807, 2.05) is 47.1 Å². The summed E-state index contributed by atoms with van der Waals surface area (Å²) < 4.78 is 7.87. The number of carbonyl (C=O) groups is 1. The number of aromatic nitrogens is 3. The van der Waals surface area contributed by atoms with E-state index in [2.05, 4.69) is 29.4 Å². The van der Waals surface area contributed by atoms with Crippen molar-refractivity contribution in [3.63, 3.8) is 0 Å². The first-order valence-electron chi connectivity index (χ1n) is 10.5. The zero-order chi connectivity index (χ0) is 21.4. The Labute approximate surface area is 181 Å². The summed E-state index contributed by atoms with van der Waals surface area (Å²) in [5.74, 6) is 2.30. The predicted octanol–water partition coefficient (Wildman–Crippen LogP) is 1.83. The van der Waals surface area contributed by atoms with E-state index in [1.165, 1.54) is 5.56 Å². The van der Waals surface area contributed by atoms with Gasteiger partial charge in [-0.3, -0.25) is 15.0 Å². The molecule has 2 aliphatic rings. The van der Waals surface area contributed by atoms with Crippen LogP contribution in [0.5, 0.6) is 5.75 Å². The highest BCUT2D eigenvalue weighted by molar-refractivity contribution is 5.98. The average molecular weight is 419 g/mol. The van der Waals surface area contributed by atoms with Gasteiger partial charge in [-0.1, -0.05) is 42.5 Å². The number of para-hydroxylation sites is 2. The standard InChI is InChI=1S/C23H26N6O2/c1-27-12-13-29-22(21(27)16-8-4-3-5-9-16)25-20(26-29)14-24-17-15-31-19-11-7-6-10-18(19)28(2)23(17)30/h3-11,17,21,24H,12-15H2,1-2H3/t17-,21?/m0/s1. The van der Waals surface area contributed by atoms with Crippen LogP contribution in [0.4, 0.5) is 5.69 Å². The third kappa shape index (κ3) is 3.68. The van der Waals surface area contributed by atoms with Crippen molar-refractivity contribution in [3.05, 3.63) is 71.8 Å². The Morgan fingerprint density at radius 1 is 1.06 bits per heavy atom. The van der Waals surface area contributed by atoms with Crippen LogP contribution in [0.3, 0.4) is 0 Å². The molecule has 1 aromatic heterocycles. The molecule has 3 heterocycles. The van der Waals surface area contributed by atoms with Crippen molar-refractivity contribution in [2.45, 2.75) is 25.2 Å². The average Bonchev–Trinajstić information content (AvgIpc) is 3.17. The Hall–Kier alpha value is -3.23. The number of nitrogens with one attached hydrogen (secondary N) is 1. The summed E-state index contributed by atoms with van der Waals surface area (Å²) in [5, 5.41) is 8.00. The number of anilines is 1. The second kappa shape index (κ2) is 8.13. The van der Waals surface area contributed by atoms with Gasteiger partial charge in [0.2, 0.25) is 5.91 Å². The summed E-state index contributed by atoms with van der Waals surface area (Å²) in [7, 11) is 3.89. The summed E-state index contributed by atoms with van der Waals surface area (Å²) in [6.45, 7) is 2.37. The van der Waals surface area contributed by atoms with Crippen molar-refractivity contribution < 1.29 is 9.53 Å². The van der Waals surface area contributed by atoms with E-state index >= 15 is 0 Å². The number of hydrogen-bond acceptors (Lipinski definition) is 6. The molecule has 2 aliphatic heterocycles. The number of benzene rings is 2. The Kier molecular flexibility index (Phi) is 5.17. The minimum Gasteiger partial charge on any atom is -0.489 e. The van der Waals surface area contributed by atoms with Crippen LogP contribution < -0.4 is 15.0 Å². The lowest BCUT2D eigenvalue weighted by Gasteiger charge is -2.32. The summed E-state index contributed by atoms with van der Waals surface area (Å²) >= 11 is 0.